The Hall–Kier alpha value is -3.19. The molecule has 2 aromatic rings. The van der Waals surface area contributed by atoms with Crippen LogP contribution >= 0.6 is 0 Å². The second-order valence-electron chi connectivity index (χ2n) is 9.74. The molecule has 7 heteroatoms. The highest BCUT2D eigenvalue weighted by Gasteiger charge is 2.41. The van der Waals surface area contributed by atoms with Gasteiger partial charge in [-0.25, -0.2) is 4.79 Å². The molecule has 1 aliphatic rings. The van der Waals surface area contributed by atoms with Gasteiger partial charge in [0.15, 0.2) is 0 Å². The molecule has 2 unspecified atom stereocenters. The van der Waals surface area contributed by atoms with Crippen LogP contribution in [0.5, 0.6) is 0 Å². The first-order valence-electron chi connectivity index (χ1n) is 12.4. The maximum Gasteiger partial charge on any atom is 0.335 e. The number of aromatic carboxylic acids is 1. The van der Waals surface area contributed by atoms with E-state index in [-0.39, 0.29) is 29.7 Å². The lowest BCUT2D eigenvalue weighted by Gasteiger charge is -2.40. The highest BCUT2D eigenvalue weighted by Crippen LogP contribution is 2.34. The van der Waals surface area contributed by atoms with E-state index < -0.39 is 17.5 Å². The second-order valence-corrected chi connectivity index (χ2v) is 9.74. The average Bonchev–Trinajstić information content (AvgIpc) is 2.86. The van der Waals surface area contributed by atoms with Crippen LogP contribution in [0.1, 0.15) is 67.8 Å². The Morgan fingerprint density at radius 3 is 2.23 bits per heavy atom. The molecule has 0 spiro atoms. The first-order valence-corrected chi connectivity index (χ1v) is 12.4. The van der Waals surface area contributed by atoms with E-state index in [1.807, 2.05) is 37.3 Å². The molecule has 0 heterocycles. The average molecular weight is 481 g/mol. The summed E-state index contributed by atoms with van der Waals surface area (Å²) in [5.41, 5.74) is 0.997. The Balaban J connectivity index is 1.72. The van der Waals surface area contributed by atoms with E-state index in [9.17, 15) is 19.5 Å². The minimum absolute atomic E-state index is 0.0405. The number of aliphatic carboxylic acids is 1. The molecule has 0 saturated heterocycles. The van der Waals surface area contributed by atoms with E-state index in [1.165, 1.54) is 17.7 Å². The topological polar surface area (TPSA) is 116 Å². The normalized spacial score (nSPS) is 16.7. The summed E-state index contributed by atoms with van der Waals surface area (Å²) in [6.07, 6.45) is 6.68. The first-order chi connectivity index (χ1) is 16.8. The number of benzene rings is 2. The molecule has 1 saturated carbocycles. The van der Waals surface area contributed by atoms with Crippen molar-refractivity contribution in [3.8, 4) is 0 Å². The van der Waals surface area contributed by atoms with E-state index in [1.54, 1.807) is 12.1 Å². The Labute approximate surface area is 206 Å². The number of aryl methyl sites for hydroxylation is 1. The molecule has 4 N–H and O–H groups in total. The van der Waals surface area contributed by atoms with Crippen LogP contribution in [0.25, 0.3) is 0 Å². The Morgan fingerprint density at radius 2 is 1.63 bits per heavy atom. The number of anilines is 1. The molecule has 2 aromatic carbocycles. The Kier molecular flexibility index (Phi) is 9.43. The molecule has 1 fully saturated rings. The molecule has 7 nitrogen and oxygen atoms in total. The number of carboxylic acids is 2. The van der Waals surface area contributed by atoms with Gasteiger partial charge >= 0.3 is 11.9 Å². The van der Waals surface area contributed by atoms with Gasteiger partial charge in [0, 0.05) is 12.1 Å². The van der Waals surface area contributed by atoms with Crippen molar-refractivity contribution in [2.75, 3.05) is 11.9 Å². The molecular weight excluding hydrogens is 444 g/mol. The zero-order valence-electron chi connectivity index (χ0n) is 20.3. The Bertz CT molecular complexity index is 986. The van der Waals surface area contributed by atoms with Gasteiger partial charge in [-0.1, -0.05) is 49.6 Å². The van der Waals surface area contributed by atoms with Crippen molar-refractivity contribution in [3.05, 3.63) is 65.7 Å². The van der Waals surface area contributed by atoms with Crippen LogP contribution < -0.4 is 10.6 Å². The van der Waals surface area contributed by atoms with Gasteiger partial charge in [-0.15, -0.1) is 0 Å². The number of nitrogens with one attached hydrogen (secondary N) is 2. The number of carbonyl (C=O) groups excluding carboxylic acids is 1. The second kappa shape index (κ2) is 12.5. The van der Waals surface area contributed by atoms with E-state index in [2.05, 4.69) is 10.6 Å². The summed E-state index contributed by atoms with van der Waals surface area (Å²) in [5, 5.41) is 25.0. The fourth-order valence-corrected chi connectivity index (χ4v) is 4.94. The smallest absolute Gasteiger partial charge is 0.335 e. The largest absolute Gasteiger partial charge is 0.481 e. The van der Waals surface area contributed by atoms with Crippen LogP contribution in [0.4, 0.5) is 5.69 Å². The summed E-state index contributed by atoms with van der Waals surface area (Å²) in [4.78, 5) is 36.2. The van der Waals surface area contributed by atoms with E-state index >= 15 is 0 Å². The maximum absolute atomic E-state index is 13.6. The minimum Gasteiger partial charge on any atom is -0.481 e. The van der Waals surface area contributed by atoms with Gasteiger partial charge in [-0.2, -0.15) is 0 Å². The predicted octanol–water partition coefficient (Wildman–Crippen LogP) is 4.98. The van der Waals surface area contributed by atoms with Crippen molar-refractivity contribution in [1.82, 2.24) is 5.32 Å². The molecule has 1 aliphatic carbocycles. The summed E-state index contributed by atoms with van der Waals surface area (Å²) < 4.78 is 0. The zero-order valence-corrected chi connectivity index (χ0v) is 20.3. The maximum atomic E-state index is 13.6. The van der Waals surface area contributed by atoms with Crippen LogP contribution in [0.15, 0.2) is 54.6 Å². The standard InChI is InChI=1S/C28H36N2O5/c1-28(23-10-6-3-7-11-23,27(35)30-24-16-14-22(15-17-24)26(33)34)29-19-21(18-25(31)32)13-12-20-8-4-2-5-9-20/h2,4-5,8-9,14-17,21,23,29H,3,6-7,10-13,18-19H2,1H3,(H,30,35)(H,31,32)(H,33,34). The summed E-state index contributed by atoms with van der Waals surface area (Å²) >= 11 is 0. The van der Waals surface area contributed by atoms with Gasteiger partial charge in [-0.3, -0.25) is 9.59 Å². The molecular formula is C28H36N2O5. The fourth-order valence-electron chi connectivity index (χ4n) is 4.94. The summed E-state index contributed by atoms with van der Waals surface area (Å²) in [7, 11) is 0. The number of carbonyl (C=O) groups is 3. The molecule has 2 atom stereocenters. The summed E-state index contributed by atoms with van der Waals surface area (Å²) in [6.45, 7) is 2.34. The quantitative estimate of drug-likeness (QED) is 0.341. The van der Waals surface area contributed by atoms with Gasteiger partial charge in [0.05, 0.1) is 11.1 Å². The van der Waals surface area contributed by atoms with Crippen molar-refractivity contribution in [2.45, 2.75) is 63.8 Å². The molecule has 0 radical (unpaired) electrons. The van der Waals surface area contributed by atoms with Gasteiger partial charge in [-0.05, 0) is 80.8 Å². The van der Waals surface area contributed by atoms with Gasteiger partial charge in [0.25, 0.3) is 0 Å². The summed E-state index contributed by atoms with van der Waals surface area (Å²) in [6, 6.07) is 16.1. The highest BCUT2D eigenvalue weighted by molar-refractivity contribution is 5.98. The molecule has 0 aromatic heterocycles. The van der Waals surface area contributed by atoms with Crippen molar-refractivity contribution in [2.24, 2.45) is 11.8 Å². The van der Waals surface area contributed by atoms with Crippen molar-refractivity contribution >= 4 is 23.5 Å². The van der Waals surface area contributed by atoms with E-state index in [0.717, 1.165) is 38.5 Å². The number of hydrogen-bond acceptors (Lipinski definition) is 4. The zero-order chi connectivity index (χ0) is 25.3. The number of hydrogen-bond donors (Lipinski definition) is 4. The molecule has 188 valence electrons. The van der Waals surface area contributed by atoms with Crippen molar-refractivity contribution in [3.63, 3.8) is 0 Å². The van der Waals surface area contributed by atoms with Crippen LogP contribution in [0.2, 0.25) is 0 Å². The number of carboxylic acid groups (broad SMARTS) is 2. The number of rotatable bonds is 12. The Morgan fingerprint density at radius 1 is 0.971 bits per heavy atom. The molecule has 0 aliphatic heterocycles. The van der Waals surface area contributed by atoms with Gasteiger partial charge < -0.3 is 20.8 Å². The predicted molar refractivity (Wildman–Crippen MR) is 136 cm³/mol. The lowest BCUT2D eigenvalue weighted by molar-refractivity contribution is -0.138. The van der Waals surface area contributed by atoms with Crippen LogP contribution in [0, 0.1) is 11.8 Å². The minimum atomic E-state index is -1.02. The lowest BCUT2D eigenvalue weighted by Crippen LogP contribution is -2.59. The van der Waals surface area contributed by atoms with Crippen LogP contribution in [0.3, 0.4) is 0 Å². The van der Waals surface area contributed by atoms with Crippen molar-refractivity contribution in [1.29, 1.82) is 0 Å². The lowest BCUT2D eigenvalue weighted by atomic mass is 9.74. The highest BCUT2D eigenvalue weighted by atomic mass is 16.4. The first kappa shape index (κ1) is 26.4. The van der Waals surface area contributed by atoms with Gasteiger partial charge in [0.2, 0.25) is 5.91 Å². The van der Waals surface area contributed by atoms with Crippen molar-refractivity contribution < 1.29 is 24.6 Å². The monoisotopic (exact) mass is 480 g/mol. The molecule has 35 heavy (non-hydrogen) atoms. The summed E-state index contributed by atoms with van der Waals surface area (Å²) in [5.74, 6) is -2.01. The third-order valence-electron chi connectivity index (χ3n) is 7.19. The fraction of sp³-hybridized carbons (Fsp3) is 0.464. The van der Waals surface area contributed by atoms with E-state index in [0.29, 0.717) is 18.7 Å². The molecule has 3 rings (SSSR count). The third kappa shape index (κ3) is 7.65. The van der Waals surface area contributed by atoms with Gasteiger partial charge in [0.1, 0.15) is 0 Å². The SMILES string of the molecule is CC(NCC(CCc1ccccc1)CC(=O)O)(C(=O)Nc1ccc(C(=O)O)cc1)C1CCCCC1. The molecule has 1 amide bonds. The molecule has 0 bridgehead atoms. The third-order valence-corrected chi connectivity index (χ3v) is 7.19. The van der Waals surface area contributed by atoms with Crippen LogP contribution in [-0.4, -0.2) is 40.1 Å². The van der Waals surface area contributed by atoms with E-state index in [4.69, 9.17) is 5.11 Å². The van der Waals surface area contributed by atoms with Crippen LogP contribution in [-0.2, 0) is 16.0 Å². The number of amides is 1.